The van der Waals surface area contributed by atoms with E-state index in [2.05, 4.69) is 33.1 Å². The lowest BCUT2D eigenvalue weighted by molar-refractivity contribution is 0.102. The summed E-state index contributed by atoms with van der Waals surface area (Å²) in [7, 11) is 0. The first-order valence-corrected chi connectivity index (χ1v) is 6.89. The highest BCUT2D eigenvalue weighted by Gasteiger charge is 2.08. The van der Waals surface area contributed by atoms with E-state index in [1.54, 1.807) is 36.4 Å². The van der Waals surface area contributed by atoms with Gasteiger partial charge >= 0.3 is 0 Å². The van der Waals surface area contributed by atoms with Gasteiger partial charge in [-0.15, -0.1) is 0 Å². The van der Waals surface area contributed by atoms with Crippen molar-refractivity contribution in [1.29, 1.82) is 0 Å². The molecule has 21 heavy (non-hydrogen) atoms. The summed E-state index contributed by atoms with van der Waals surface area (Å²) >= 11 is 3.16. The Morgan fingerprint density at radius 3 is 2.52 bits per heavy atom. The third kappa shape index (κ3) is 4.09. The molecule has 0 unspecified atom stereocenters. The maximum Gasteiger partial charge on any atom is 0.255 e. The largest absolute Gasteiger partial charge is 0.507 e. The fourth-order valence-electron chi connectivity index (χ4n) is 1.64. The van der Waals surface area contributed by atoms with Crippen molar-refractivity contribution in [3.63, 3.8) is 0 Å². The van der Waals surface area contributed by atoms with E-state index in [4.69, 9.17) is 5.11 Å². The van der Waals surface area contributed by atoms with Gasteiger partial charge in [0.25, 0.3) is 5.91 Å². The van der Waals surface area contributed by atoms with Gasteiger partial charge in [-0.25, -0.2) is 0 Å². The van der Waals surface area contributed by atoms with Crippen LogP contribution in [0.3, 0.4) is 0 Å². The summed E-state index contributed by atoms with van der Waals surface area (Å²) < 4.78 is 0.533. The standard InChI is InChI=1S/C16H12BrNO3/c17-14-8-5-12(10-15(14)20)16(21)18-13-6-3-11(4-7-13)2-1-9-19/h3-8,10,19-20H,9H2,(H,18,21). The Balaban J connectivity index is 2.10. The predicted molar refractivity (Wildman–Crippen MR) is 84.2 cm³/mol. The van der Waals surface area contributed by atoms with Crippen molar-refractivity contribution in [3.8, 4) is 17.6 Å². The molecule has 0 saturated heterocycles. The third-order valence-electron chi connectivity index (χ3n) is 2.66. The first-order chi connectivity index (χ1) is 10.1. The Bertz CT molecular complexity index is 715. The van der Waals surface area contributed by atoms with Crippen molar-refractivity contribution >= 4 is 27.5 Å². The van der Waals surface area contributed by atoms with Gasteiger partial charge in [-0.05, 0) is 58.4 Å². The number of anilines is 1. The number of aliphatic hydroxyl groups excluding tert-OH is 1. The molecule has 2 aromatic rings. The number of hydrogen-bond acceptors (Lipinski definition) is 3. The fourth-order valence-corrected chi connectivity index (χ4v) is 1.88. The van der Waals surface area contributed by atoms with E-state index in [1.807, 2.05) is 0 Å². The summed E-state index contributed by atoms with van der Waals surface area (Å²) in [6, 6.07) is 11.5. The van der Waals surface area contributed by atoms with Crippen LogP contribution in [0.15, 0.2) is 46.9 Å². The minimum absolute atomic E-state index is 0.0114. The Hall–Kier alpha value is -2.29. The van der Waals surface area contributed by atoms with E-state index in [0.717, 1.165) is 5.56 Å². The van der Waals surface area contributed by atoms with E-state index >= 15 is 0 Å². The monoisotopic (exact) mass is 345 g/mol. The first-order valence-electron chi connectivity index (χ1n) is 6.10. The molecule has 0 aliphatic carbocycles. The molecule has 0 radical (unpaired) electrons. The predicted octanol–water partition coefficient (Wildman–Crippen LogP) is 2.75. The molecule has 5 heteroatoms. The summed E-state index contributed by atoms with van der Waals surface area (Å²) in [5.41, 5.74) is 1.74. The van der Waals surface area contributed by atoms with Gasteiger partial charge in [0.15, 0.2) is 0 Å². The number of aliphatic hydroxyl groups is 1. The number of hydrogen-bond donors (Lipinski definition) is 3. The van der Waals surface area contributed by atoms with Crippen LogP contribution in [-0.4, -0.2) is 22.7 Å². The second kappa shape index (κ2) is 6.93. The van der Waals surface area contributed by atoms with Gasteiger partial charge in [0.2, 0.25) is 0 Å². The number of amides is 1. The Morgan fingerprint density at radius 2 is 1.90 bits per heavy atom. The average Bonchev–Trinajstić information content (AvgIpc) is 2.49. The van der Waals surface area contributed by atoms with Crippen molar-refractivity contribution in [2.24, 2.45) is 0 Å². The molecule has 0 spiro atoms. The van der Waals surface area contributed by atoms with Gasteiger partial charge in [-0.1, -0.05) is 11.8 Å². The normalized spacial score (nSPS) is 9.62. The van der Waals surface area contributed by atoms with Crippen molar-refractivity contribution in [1.82, 2.24) is 0 Å². The molecule has 3 N–H and O–H groups in total. The maximum atomic E-state index is 12.0. The molecule has 4 nitrogen and oxygen atoms in total. The van der Waals surface area contributed by atoms with E-state index in [0.29, 0.717) is 15.7 Å². The summed E-state index contributed by atoms with van der Waals surface area (Å²) in [6.07, 6.45) is 0. The lowest BCUT2D eigenvalue weighted by atomic mass is 10.1. The van der Waals surface area contributed by atoms with Crippen LogP contribution in [0.1, 0.15) is 15.9 Å². The van der Waals surface area contributed by atoms with Crippen LogP contribution in [0.2, 0.25) is 0 Å². The highest BCUT2D eigenvalue weighted by Crippen LogP contribution is 2.24. The second-order valence-electron chi connectivity index (χ2n) is 4.16. The quantitative estimate of drug-likeness (QED) is 0.733. The van der Waals surface area contributed by atoms with E-state index < -0.39 is 0 Å². The molecule has 0 aliphatic rings. The molecule has 0 atom stereocenters. The van der Waals surface area contributed by atoms with E-state index in [1.165, 1.54) is 6.07 Å². The van der Waals surface area contributed by atoms with Gasteiger partial charge in [-0.3, -0.25) is 4.79 Å². The van der Waals surface area contributed by atoms with Crippen LogP contribution in [0.4, 0.5) is 5.69 Å². The number of nitrogens with one attached hydrogen (secondary N) is 1. The zero-order chi connectivity index (χ0) is 15.2. The van der Waals surface area contributed by atoms with Crippen LogP contribution in [0.5, 0.6) is 5.75 Å². The molecule has 106 valence electrons. The smallest absolute Gasteiger partial charge is 0.255 e. The summed E-state index contributed by atoms with van der Waals surface area (Å²) in [6.45, 7) is -0.189. The summed E-state index contributed by atoms with van der Waals surface area (Å²) in [5.74, 6) is 5.02. The number of rotatable bonds is 2. The molecule has 2 rings (SSSR count). The fraction of sp³-hybridized carbons (Fsp3) is 0.0625. The molecular weight excluding hydrogens is 334 g/mol. The highest BCUT2D eigenvalue weighted by atomic mass is 79.9. The van der Waals surface area contributed by atoms with E-state index in [-0.39, 0.29) is 18.3 Å². The van der Waals surface area contributed by atoms with Gasteiger partial charge in [0, 0.05) is 16.8 Å². The molecule has 2 aromatic carbocycles. The maximum absolute atomic E-state index is 12.0. The summed E-state index contributed by atoms with van der Waals surface area (Å²) in [4.78, 5) is 12.0. The topological polar surface area (TPSA) is 69.6 Å². The molecule has 0 bridgehead atoms. The number of benzene rings is 2. The number of halogens is 1. The molecule has 0 heterocycles. The van der Waals surface area contributed by atoms with Crippen molar-refractivity contribution in [3.05, 3.63) is 58.1 Å². The molecule has 0 aromatic heterocycles. The number of phenolic OH excluding ortho intramolecular Hbond substituents is 1. The number of aromatic hydroxyl groups is 1. The van der Waals surface area contributed by atoms with Crippen LogP contribution in [0, 0.1) is 11.8 Å². The van der Waals surface area contributed by atoms with Gasteiger partial charge < -0.3 is 15.5 Å². The molecule has 0 aliphatic heterocycles. The van der Waals surface area contributed by atoms with Crippen LogP contribution in [0.25, 0.3) is 0 Å². The van der Waals surface area contributed by atoms with Crippen LogP contribution >= 0.6 is 15.9 Å². The Morgan fingerprint density at radius 1 is 1.19 bits per heavy atom. The Kier molecular flexibility index (Phi) is 4.99. The third-order valence-corrected chi connectivity index (χ3v) is 3.33. The zero-order valence-electron chi connectivity index (χ0n) is 10.9. The summed E-state index contributed by atoms with van der Waals surface area (Å²) in [5, 5.41) is 20.9. The van der Waals surface area contributed by atoms with Gasteiger partial charge in [-0.2, -0.15) is 0 Å². The number of carbonyl (C=O) groups is 1. The molecule has 1 amide bonds. The lowest BCUT2D eigenvalue weighted by Crippen LogP contribution is -2.11. The minimum atomic E-state index is -0.313. The second-order valence-corrected chi connectivity index (χ2v) is 5.01. The SMILES string of the molecule is O=C(Nc1ccc(C#CCO)cc1)c1ccc(Br)c(O)c1. The van der Waals surface area contributed by atoms with Crippen LogP contribution in [-0.2, 0) is 0 Å². The number of phenols is 1. The molecular formula is C16H12BrNO3. The van der Waals surface area contributed by atoms with Gasteiger partial charge in [0.1, 0.15) is 12.4 Å². The molecule has 0 saturated carbocycles. The first kappa shape index (κ1) is 15.1. The minimum Gasteiger partial charge on any atom is -0.507 e. The van der Waals surface area contributed by atoms with Crippen molar-refractivity contribution < 1.29 is 15.0 Å². The van der Waals surface area contributed by atoms with Gasteiger partial charge in [0.05, 0.1) is 4.47 Å². The number of carbonyl (C=O) groups excluding carboxylic acids is 1. The van der Waals surface area contributed by atoms with Crippen molar-refractivity contribution in [2.45, 2.75) is 0 Å². The average molecular weight is 346 g/mol. The lowest BCUT2D eigenvalue weighted by Gasteiger charge is -2.06. The molecule has 0 fully saturated rings. The zero-order valence-corrected chi connectivity index (χ0v) is 12.5. The highest BCUT2D eigenvalue weighted by molar-refractivity contribution is 9.10. The van der Waals surface area contributed by atoms with Crippen LogP contribution < -0.4 is 5.32 Å². The Labute approximate surface area is 130 Å². The van der Waals surface area contributed by atoms with E-state index in [9.17, 15) is 9.90 Å². The van der Waals surface area contributed by atoms with Crippen molar-refractivity contribution in [2.75, 3.05) is 11.9 Å².